The molecule has 0 atom stereocenters. The fourth-order valence-corrected chi connectivity index (χ4v) is 3.28. The van der Waals surface area contributed by atoms with Crippen molar-refractivity contribution in [1.29, 1.82) is 0 Å². The largest absolute Gasteiger partial charge is 0.493 e. The summed E-state index contributed by atoms with van der Waals surface area (Å²) in [5, 5.41) is 0. The van der Waals surface area contributed by atoms with E-state index in [4.69, 9.17) is 9.47 Å². The highest BCUT2D eigenvalue weighted by atomic mass is 16.5. The summed E-state index contributed by atoms with van der Waals surface area (Å²) in [5.74, 6) is 0.700. The molecular weight excluding hydrogens is 324 g/mol. The number of ether oxygens (including phenoxy) is 2. The van der Waals surface area contributed by atoms with Crippen LogP contribution in [-0.4, -0.2) is 19.2 Å². The van der Waals surface area contributed by atoms with Gasteiger partial charge in [0.05, 0.1) is 18.8 Å². The summed E-state index contributed by atoms with van der Waals surface area (Å²) in [4.78, 5) is 11.7. The minimum Gasteiger partial charge on any atom is -0.493 e. The van der Waals surface area contributed by atoms with Crippen molar-refractivity contribution >= 4 is 11.5 Å². The van der Waals surface area contributed by atoms with Crippen LogP contribution in [0.5, 0.6) is 5.75 Å². The Labute approximate surface area is 155 Å². The smallest absolute Gasteiger partial charge is 0.338 e. The number of benzene rings is 2. The zero-order chi connectivity index (χ0) is 18.7. The molecule has 0 N–H and O–H groups in total. The van der Waals surface area contributed by atoms with E-state index >= 15 is 0 Å². The lowest BCUT2D eigenvalue weighted by Crippen LogP contribution is -2.26. The van der Waals surface area contributed by atoms with Crippen LogP contribution in [0.25, 0.3) is 5.57 Å². The molecule has 3 heteroatoms. The molecular formula is C23H26O3. The van der Waals surface area contributed by atoms with Crippen molar-refractivity contribution in [3.8, 4) is 5.75 Å². The summed E-state index contributed by atoms with van der Waals surface area (Å²) in [6, 6.07) is 13.9. The topological polar surface area (TPSA) is 35.5 Å². The van der Waals surface area contributed by atoms with Crippen LogP contribution in [0.3, 0.4) is 0 Å². The van der Waals surface area contributed by atoms with Crippen molar-refractivity contribution in [2.45, 2.75) is 39.0 Å². The molecule has 1 heterocycles. The summed E-state index contributed by atoms with van der Waals surface area (Å²) >= 11 is 0. The number of carbonyl (C=O) groups excluding carboxylic acids is 1. The maximum Gasteiger partial charge on any atom is 0.338 e. The first-order chi connectivity index (χ1) is 12.4. The van der Waals surface area contributed by atoms with Crippen LogP contribution >= 0.6 is 0 Å². The second-order valence-electron chi connectivity index (χ2n) is 7.39. The zero-order valence-corrected chi connectivity index (χ0v) is 15.8. The van der Waals surface area contributed by atoms with Gasteiger partial charge < -0.3 is 9.47 Å². The lowest BCUT2D eigenvalue weighted by atomic mass is 9.78. The quantitative estimate of drug-likeness (QED) is 0.697. The summed E-state index contributed by atoms with van der Waals surface area (Å²) in [6.07, 6.45) is 1.76. The molecule has 0 fully saturated rings. The molecule has 1 aliphatic heterocycles. The second-order valence-corrected chi connectivity index (χ2v) is 7.39. The molecule has 0 unspecified atom stereocenters. The molecule has 1 aliphatic rings. The van der Waals surface area contributed by atoms with Gasteiger partial charge in [-0.05, 0) is 66.1 Å². The number of rotatable bonds is 5. The van der Waals surface area contributed by atoms with E-state index < -0.39 is 0 Å². The van der Waals surface area contributed by atoms with Crippen LogP contribution in [0.1, 0.15) is 54.2 Å². The maximum atomic E-state index is 11.7. The van der Waals surface area contributed by atoms with Gasteiger partial charge >= 0.3 is 5.97 Å². The number of esters is 1. The maximum absolute atomic E-state index is 11.7. The van der Waals surface area contributed by atoms with Crippen molar-refractivity contribution in [3.63, 3.8) is 0 Å². The summed E-state index contributed by atoms with van der Waals surface area (Å²) in [6.45, 7) is 11.8. The van der Waals surface area contributed by atoms with Gasteiger partial charge in [-0.25, -0.2) is 4.79 Å². The highest BCUT2D eigenvalue weighted by molar-refractivity contribution is 5.89. The van der Waals surface area contributed by atoms with E-state index in [2.05, 4.69) is 38.6 Å². The van der Waals surface area contributed by atoms with Gasteiger partial charge in [-0.15, -0.1) is 0 Å². The molecule has 2 aromatic carbocycles. The van der Waals surface area contributed by atoms with E-state index in [1.165, 1.54) is 5.56 Å². The molecule has 0 saturated carbocycles. The Balaban J connectivity index is 1.75. The third-order valence-electron chi connectivity index (χ3n) is 4.98. The van der Waals surface area contributed by atoms with Crippen LogP contribution in [0.15, 0.2) is 49.0 Å². The minimum atomic E-state index is -0.283. The number of fused-ring (bicyclic) bond motifs is 1. The van der Waals surface area contributed by atoms with Crippen molar-refractivity contribution in [3.05, 3.63) is 71.3 Å². The molecule has 2 aromatic rings. The second kappa shape index (κ2) is 7.36. The van der Waals surface area contributed by atoms with Crippen molar-refractivity contribution in [1.82, 2.24) is 0 Å². The molecule has 3 nitrogen and oxygen atoms in total. The van der Waals surface area contributed by atoms with E-state index in [9.17, 15) is 4.79 Å². The summed E-state index contributed by atoms with van der Waals surface area (Å²) < 4.78 is 10.8. The lowest BCUT2D eigenvalue weighted by molar-refractivity contribution is 0.0526. The molecule has 0 saturated heterocycles. The van der Waals surface area contributed by atoms with Gasteiger partial charge in [0.15, 0.2) is 0 Å². The Bertz CT molecular complexity index is 816. The van der Waals surface area contributed by atoms with E-state index in [-0.39, 0.29) is 11.4 Å². The molecule has 0 aromatic heterocycles. The van der Waals surface area contributed by atoms with Gasteiger partial charge in [-0.1, -0.05) is 38.6 Å². The summed E-state index contributed by atoms with van der Waals surface area (Å²) in [5.41, 5.74) is 5.26. The third-order valence-corrected chi connectivity index (χ3v) is 4.98. The van der Waals surface area contributed by atoms with Crippen LogP contribution in [0, 0.1) is 0 Å². The monoisotopic (exact) mass is 350 g/mol. The lowest BCUT2D eigenvalue weighted by Gasteiger charge is -2.33. The zero-order valence-electron chi connectivity index (χ0n) is 15.8. The van der Waals surface area contributed by atoms with Gasteiger partial charge in [0.1, 0.15) is 5.75 Å². The predicted molar refractivity (Wildman–Crippen MR) is 105 cm³/mol. The van der Waals surface area contributed by atoms with E-state index in [1.54, 1.807) is 6.92 Å². The van der Waals surface area contributed by atoms with Crippen molar-refractivity contribution in [2.24, 2.45) is 0 Å². The molecule has 0 bridgehead atoms. The number of carbonyl (C=O) groups is 1. The van der Waals surface area contributed by atoms with Gasteiger partial charge in [0.2, 0.25) is 0 Å². The Morgan fingerprint density at radius 1 is 1.15 bits per heavy atom. The van der Waals surface area contributed by atoms with Crippen LogP contribution in [0.2, 0.25) is 0 Å². The van der Waals surface area contributed by atoms with Gasteiger partial charge in [-0.2, -0.15) is 0 Å². The standard InChI is InChI=1S/C23H26O3/c1-5-25-22(24)18-8-6-17(7-9-18)14-16(2)19-10-11-21-20(15-19)23(3,4)12-13-26-21/h6-11,15H,2,5,12-14H2,1,3-4H3. The van der Waals surface area contributed by atoms with E-state index in [1.807, 2.05) is 24.3 Å². The fourth-order valence-electron chi connectivity index (χ4n) is 3.28. The number of allylic oxidation sites excluding steroid dienone is 1. The first-order valence-electron chi connectivity index (χ1n) is 9.12. The molecule has 26 heavy (non-hydrogen) atoms. The van der Waals surface area contributed by atoms with Crippen LogP contribution < -0.4 is 4.74 Å². The third kappa shape index (κ3) is 3.82. The van der Waals surface area contributed by atoms with Crippen LogP contribution in [-0.2, 0) is 16.6 Å². The van der Waals surface area contributed by atoms with E-state index in [0.717, 1.165) is 41.9 Å². The normalized spacial score (nSPS) is 14.9. The molecule has 0 spiro atoms. The van der Waals surface area contributed by atoms with Crippen molar-refractivity contribution < 1.29 is 14.3 Å². The molecule has 136 valence electrons. The molecule has 0 radical (unpaired) electrons. The van der Waals surface area contributed by atoms with Crippen molar-refractivity contribution in [2.75, 3.05) is 13.2 Å². The van der Waals surface area contributed by atoms with Gasteiger partial charge in [0.25, 0.3) is 0 Å². The average Bonchev–Trinajstić information content (AvgIpc) is 2.62. The Hall–Kier alpha value is -2.55. The minimum absolute atomic E-state index is 0.116. The Morgan fingerprint density at radius 3 is 2.54 bits per heavy atom. The predicted octanol–water partition coefficient (Wildman–Crippen LogP) is 5.18. The number of hydrogen-bond acceptors (Lipinski definition) is 3. The van der Waals surface area contributed by atoms with Gasteiger partial charge in [0, 0.05) is 5.56 Å². The highest BCUT2D eigenvalue weighted by Crippen LogP contribution is 2.39. The average molecular weight is 350 g/mol. The Morgan fingerprint density at radius 2 is 1.85 bits per heavy atom. The SMILES string of the molecule is C=C(Cc1ccc(C(=O)OCC)cc1)c1ccc2c(c1)C(C)(C)CCO2. The number of hydrogen-bond donors (Lipinski definition) is 0. The van der Waals surface area contributed by atoms with E-state index in [0.29, 0.717) is 12.2 Å². The van der Waals surface area contributed by atoms with Gasteiger partial charge in [-0.3, -0.25) is 0 Å². The summed E-state index contributed by atoms with van der Waals surface area (Å²) in [7, 11) is 0. The van der Waals surface area contributed by atoms with Crippen LogP contribution in [0.4, 0.5) is 0 Å². The molecule has 0 amide bonds. The Kier molecular flexibility index (Phi) is 5.17. The first-order valence-corrected chi connectivity index (χ1v) is 9.12. The fraction of sp³-hybridized carbons (Fsp3) is 0.348. The molecule has 3 rings (SSSR count). The highest BCUT2D eigenvalue weighted by Gasteiger charge is 2.28. The first kappa shape index (κ1) is 18.2. The molecule has 0 aliphatic carbocycles.